The predicted molar refractivity (Wildman–Crippen MR) is 66.1 cm³/mol. The molecule has 0 bridgehead atoms. The fourth-order valence-electron chi connectivity index (χ4n) is 2.63. The third kappa shape index (κ3) is 4.51. The third-order valence-corrected chi connectivity index (χ3v) is 3.69. The maximum atomic E-state index is 12.1. The first-order chi connectivity index (χ1) is 9.45. The SMILES string of the molecule is O=C(O[C@H]1C=C[C@H](OC2CCCCC2)CC1)C(F)(F)F. The molecule has 0 spiro atoms. The van der Waals surface area contributed by atoms with Crippen LogP contribution in [0.25, 0.3) is 0 Å². The van der Waals surface area contributed by atoms with Crippen LogP contribution in [0.15, 0.2) is 12.2 Å². The minimum Gasteiger partial charge on any atom is -0.451 e. The molecule has 0 aromatic carbocycles. The molecule has 114 valence electrons. The summed E-state index contributed by atoms with van der Waals surface area (Å²) in [7, 11) is 0. The molecule has 0 N–H and O–H groups in total. The van der Waals surface area contributed by atoms with E-state index in [-0.39, 0.29) is 12.2 Å². The number of ether oxygens (including phenoxy) is 2. The lowest BCUT2D eigenvalue weighted by molar-refractivity contribution is -0.203. The molecule has 0 unspecified atom stereocenters. The van der Waals surface area contributed by atoms with Crippen LogP contribution in [-0.2, 0) is 14.3 Å². The molecule has 0 aliphatic heterocycles. The van der Waals surface area contributed by atoms with Gasteiger partial charge in [0.25, 0.3) is 0 Å². The molecule has 1 fully saturated rings. The third-order valence-electron chi connectivity index (χ3n) is 3.69. The average Bonchev–Trinajstić information content (AvgIpc) is 2.41. The van der Waals surface area contributed by atoms with Gasteiger partial charge in [-0.3, -0.25) is 0 Å². The molecule has 2 rings (SSSR count). The number of rotatable bonds is 3. The first kappa shape index (κ1) is 15.4. The Kier molecular flexibility index (Phi) is 5.07. The van der Waals surface area contributed by atoms with Crippen molar-refractivity contribution in [3.8, 4) is 0 Å². The number of esters is 1. The van der Waals surface area contributed by atoms with Crippen LogP contribution in [0.3, 0.4) is 0 Å². The largest absolute Gasteiger partial charge is 0.490 e. The molecule has 3 nitrogen and oxygen atoms in total. The van der Waals surface area contributed by atoms with Crippen LogP contribution < -0.4 is 0 Å². The van der Waals surface area contributed by atoms with Crippen LogP contribution in [0.1, 0.15) is 44.9 Å². The summed E-state index contributed by atoms with van der Waals surface area (Å²) in [6.45, 7) is 0. The highest BCUT2D eigenvalue weighted by molar-refractivity contribution is 5.75. The van der Waals surface area contributed by atoms with E-state index >= 15 is 0 Å². The van der Waals surface area contributed by atoms with Gasteiger partial charge in [-0.1, -0.05) is 25.3 Å². The molecule has 0 heterocycles. The molecule has 2 atom stereocenters. The summed E-state index contributed by atoms with van der Waals surface area (Å²) < 4.78 is 46.5. The second-order valence-corrected chi connectivity index (χ2v) is 5.34. The molecule has 20 heavy (non-hydrogen) atoms. The van der Waals surface area contributed by atoms with Gasteiger partial charge in [-0.2, -0.15) is 13.2 Å². The van der Waals surface area contributed by atoms with Gasteiger partial charge in [0.05, 0.1) is 12.2 Å². The fourth-order valence-corrected chi connectivity index (χ4v) is 2.63. The Labute approximate surface area is 116 Å². The lowest BCUT2D eigenvalue weighted by Gasteiger charge is -2.29. The van der Waals surface area contributed by atoms with E-state index in [9.17, 15) is 18.0 Å². The second kappa shape index (κ2) is 6.61. The number of alkyl halides is 3. The summed E-state index contributed by atoms with van der Waals surface area (Å²) in [6, 6.07) is 0. The lowest BCUT2D eigenvalue weighted by atomic mass is 9.96. The molecule has 0 aromatic rings. The highest BCUT2D eigenvalue weighted by Crippen LogP contribution is 2.26. The zero-order chi connectivity index (χ0) is 14.6. The quantitative estimate of drug-likeness (QED) is 0.589. The van der Waals surface area contributed by atoms with Crippen LogP contribution in [0.5, 0.6) is 0 Å². The van der Waals surface area contributed by atoms with Crippen LogP contribution in [0.2, 0.25) is 0 Å². The number of hydrogen-bond donors (Lipinski definition) is 0. The Morgan fingerprint density at radius 3 is 2.10 bits per heavy atom. The topological polar surface area (TPSA) is 35.5 Å². The number of hydrogen-bond acceptors (Lipinski definition) is 3. The van der Waals surface area contributed by atoms with Crippen LogP contribution in [-0.4, -0.2) is 30.5 Å². The molecular formula is C14H19F3O3. The van der Waals surface area contributed by atoms with Crippen molar-refractivity contribution < 1.29 is 27.4 Å². The first-order valence-electron chi connectivity index (χ1n) is 7.07. The second-order valence-electron chi connectivity index (χ2n) is 5.34. The summed E-state index contributed by atoms with van der Waals surface area (Å²) in [6.07, 6.45) is 4.33. The van der Waals surface area contributed by atoms with Crippen molar-refractivity contribution >= 4 is 5.97 Å². The zero-order valence-corrected chi connectivity index (χ0v) is 11.2. The van der Waals surface area contributed by atoms with Gasteiger partial charge < -0.3 is 9.47 Å². The van der Waals surface area contributed by atoms with Crippen LogP contribution in [0, 0.1) is 0 Å². The highest BCUT2D eigenvalue weighted by atomic mass is 19.4. The number of halogens is 3. The van der Waals surface area contributed by atoms with Gasteiger partial charge in [0.2, 0.25) is 0 Å². The monoisotopic (exact) mass is 292 g/mol. The van der Waals surface area contributed by atoms with Crippen molar-refractivity contribution in [2.75, 3.05) is 0 Å². The van der Waals surface area contributed by atoms with Gasteiger partial charge >= 0.3 is 12.1 Å². The van der Waals surface area contributed by atoms with Gasteiger partial charge in [-0.15, -0.1) is 0 Å². The van der Waals surface area contributed by atoms with Crippen molar-refractivity contribution in [1.29, 1.82) is 0 Å². The lowest BCUT2D eigenvalue weighted by Crippen LogP contribution is -2.32. The Morgan fingerprint density at radius 2 is 1.55 bits per heavy atom. The van der Waals surface area contributed by atoms with E-state index in [1.807, 2.05) is 0 Å². The molecule has 2 aliphatic rings. The van der Waals surface area contributed by atoms with Crippen molar-refractivity contribution in [3.63, 3.8) is 0 Å². The van der Waals surface area contributed by atoms with Gasteiger partial charge in [0, 0.05) is 0 Å². The Balaban J connectivity index is 1.76. The van der Waals surface area contributed by atoms with Crippen molar-refractivity contribution in [2.24, 2.45) is 0 Å². The molecule has 0 aromatic heterocycles. The Bertz CT molecular complexity index is 359. The highest BCUT2D eigenvalue weighted by Gasteiger charge is 2.42. The molecule has 0 saturated heterocycles. The van der Waals surface area contributed by atoms with Gasteiger partial charge in [-0.05, 0) is 31.8 Å². The molecule has 0 radical (unpaired) electrons. The van der Waals surface area contributed by atoms with Gasteiger partial charge in [0.1, 0.15) is 6.10 Å². The summed E-state index contributed by atoms with van der Waals surface area (Å²) in [5.41, 5.74) is 0. The Hall–Kier alpha value is -1.04. The van der Waals surface area contributed by atoms with E-state index < -0.39 is 18.2 Å². The minimum absolute atomic E-state index is 0.0704. The van der Waals surface area contributed by atoms with E-state index in [1.165, 1.54) is 25.3 Å². The average molecular weight is 292 g/mol. The summed E-state index contributed by atoms with van der Waals surface area (Å²) >= 11 is 0. The van der Waals surface area contributed by atoms with Gasteiger partial charge in [0.15, 0.2) is 0 Å². The molecular weight excluding hydrogens is 273 g/mol. The van der Waals surface area contributed by atoms with E-state index in [0.717, 1.165) is 12.8 Å². The standard InChI is InChI=1S/C14H19F3O3/c15-14(16,17)13(18)20-12-8-6-11(7-9-12)19-10-4-2-1-3-5-10/h6,8,10-12H,1-5,7,9H2/t11-,12-/m0/s1. The molecule has 1 saturated carbocycles. The number of carbonyl (C=O) groups excluding carboxylic acids is 1. The summed E-state index contributed by atoms with van der Waals surface area (Å²) in [4.78, 5) is 10.7. The molecule has 2 aliphatic carbocycles. The Morgan fingerprint density at radius 1 is 0.950 bits per heavy atom. The zero-order valence-electron chi connectivity index (χ0n) is 11.2. The maximum absolute atomic E-state index is 12.1. The maximum Gasteiger partial charge on any atom is 0.490 e. The van der Waals surface area contributed by atoms with E-state index in [0.29, 0.717) is 12.8 Å². The molecule has 0 amide bonds. The molecule has 6 heteroatoms. The van der Waals surface area contributed by atoms with Crippen LogP contribution >= 0.6 is 0 Å². The van der Waals surface area contributed by atoms with Gasteiger partial charge in [-0.25, -0.2) is 4.79 Å². The van der Waals surface area contributed by atoms with Crippen molar-refractivity contribution in [3.05, 3.63) is 12.2 Å². The van der Waals surface area contributed by atoms with Crippen molar-refractivity contribution in [2.45, 2.75) is 69.4 Å². The van der Waals surface area contributed by atoms with E-state index in [2.05, 4.69) is 4.74 Å². The van der Waals surface area contributed by atoms with Crippen molar-refractivity contribution in [1.82, 2.24) is 0 Å². The normalized spacial score (nSPS) is 28.4. The first-order valence-corrected chi connectivity index (χ1v) is 7.07. The summed E-state index contributed by atoms with van der Waals surface area (Å²) in [5.74, 6) is -2.13. The summed E-state index contributed by atoms with van der Waals surface area (Å²) in [5, 5.41) is 0. The van der Waals surface area contributed by atoms with Crippen LogP contribution in [0.4, 0.5) is 13.2 Å². The van der Waals surface area contributed by atoms with E-state index in [4.69, 9.17) is 4.74 Å². The smallest absolute Gasteiger partial charge is 0.451 e. The minimum atomic E-state index is -4.93. The fraction of sp³-hybridized carbons (Fsp3) is 0.786. The predicted octanol–water partition coefficient (Wildman–Crippen LogP) is 3.53. The van der Waals surface area contributed by atoms with E-state index in [1.54, 1.807) is 6.08 Å². The number of carbonyl (C=O) groups is 1.